The number of anilines is 2. The van der Waals surface area contributed by atoms with Crippen LogP contribution in [-0.4, -0.2) is 64.7 Å². The molecule has 1 aromatic heterocycles. The van der Waals surface area contributed by atoms with Gasteiger partial charge >= 0.3 is 5.69 Å². The molecule has 0 bridgehead atoms. The highest BCUT2D eigenvalue weighted by Crippen LogP contribution is 2.33. The zero-order chi connectivity index (χ0) is 26.1. The van der Waals surface area contributed by atoms with Crippen LogP contribution in [0.25, 0.3) is 0 Å². The molecule has 3 heterocycles. The van der Waals surface area contributed by atoms with Crippen molar-refractivity contribution in [1.29, 1.82) is 0 Å². The fourth-order valence-electron chi connectivity index (χ4n) is 5.05. The lowest BCUT2D eigenvalue weighted by molar-refractivity contribution is -0.134. The Morgan fingerprint density at radius 2 is 1.58 bits per heavy atom. The molecule has 194 valence electrons. The topological polar surface area (TPSA) is 97.1 Å². The molecule has 0 saturated carbocycles. The molecule has 10 nitrogen and oxygen atoms in total. The second-order valence-corrected chi connectivity index (χ2v) is 9.91. The minimum atomic E-state index is -0.682. The number of aromatic nitrogens is 2. The van der Waals surface area contributed by atoms with Crippen molar-refractivity contribution in [2.45, 2.75) is 59.2 Å². The van der Waals surface area contributed by atoms with Gasteiger partial charge in [-0.2, -0.15) is 0 Å². The number of nitrogens with zero attached hydrogens (tertiary/aromatic N) is 5. The van der Waals surface area contributed by atoms with E-state index in [2.05, 4.69) is 0 Å². The van der Waals surface area contributed by atoms with Crippen molar-refractivity contribution in [2.24, 2.45) is 0 Å². The summed E-state index contributed by atoms with van der Waals surface area (Å²) in [4.78, 5) is 57.5. The van der Waals surface area contributed by atoms with Gasteiger partial charge in [-0.15, -0.1) is 0 Å². The van der Waals surface area contributed by atoms with Gasteiger partial charge in [0, 0.05) is 44.3 Å². The Morgan fingerprint density at radius 3 is 2.28 bits per heavy atom. The summed E-state index contributed by atoms with van der Waals surface area (Å²) < 4.78 is 8.45. The summed E-state index contributed by atoms with van der Waals surface area (Å²) in [5.41, 5.74) is -0.0484. The van der Waals surface area contributed by atoms with Crippen molar-refractivity contribution in [2.75, 3.05) is 42.6 Å². The van der Waals surface area contributed by atoms with Gasteiger partial charge in [0.25, 0.3) is 11.5 Å². The number of ether oxygens (including phenoxy) is 1. The molecule has 0 N–H and O–H groups in total. The van der Waals surface area contributed by atoms with E-state index in [1.165, 1.54) is 15.5 Å². The predicted molar refractivity (Wildman–Crippen MR) is 138 cm³/mol. The molecular weight excluding hydrogens is 462 g/mol. The van der Waals surface area contributed by atoms with Gasteiger partial charge in [0.15, 0.2) is 6.61 Å². The molecule has 2 amide bonds. The molecule has 0 aliphatic carbocycles. The number of rotatable bonds is 5. The van der Waals surface area contributed by atoms with Crippen LogP contribution >= 0.6 is 0 Å². The number of benzene rings is 1. The summed E-state index contributed by atoms with van der Waals surface area (Å²) in [5.74, 6) is 0.772. The monoisotopic (exact) mass is 497 g/mol. The molecule has 1 aromatic carbocycles. The Bertz CT molecular complexity index is 1260. The first-order valence-electron chi connectivity index (χ1n) is 12.6. The maximum Gasteiger partial charge on any atom is 0.333 e. The van der Waals surface area contributed by atoms with Crippen LogP contribution in [0.5, 0.6) is 5.75 Å². The largest absolute Gasteiger partial charge is 0.482 e. The number of carbonyl (C=O) groups excluding carboxylic acids is 2. The number of amides is 2. The van der Waals surface area contributed by atoms with Gasteiger partial charge in [-0.1, -0.05) is 12.1 Å². The van der Waals surface area contributed by atoms with E-state index in [-0.39, 0.29) is 41.8 Å². The highest BCUT2D eigenvalue weighted by atomic mass is 16.5. The van der Waals surface area contributed by atoms with Gasteiger partial charge in [-0.25, -0.2) is 4.79 Å². The maximum absolute atomic E-state index is 13.5. The first kappa shape index (κ1) is 25.5. The van der Waals surface area contributed by atoms with Crippen molar-refractivity contribution >= 4 is 23.3 Å². The zero-order valence-electron chi connectivity index (χ0n) is 21.6. The molecule has 1 atom stereocenters. The van der Waals surface area contributed by atoms with Gasteiger partial charge in [-0.05, 0) is 53.2 Å². The van der Waals surface area contributed by atoms with Crippen LogP contribution in [0.2, 0.25) is 0 Å². The molecule has 1 saturated heterocycles. The number of fused-ring (bicyclic) bond motifs is 1. The zero-order valence-corrected chi connectivity index (χ0v) is 21.6. The van der Waals surface area contributed by atoms with Gasteiger partial charge < -0.3 is 14.5 Å². The minimum Gasteiger partial charge on any atom is -0.482 e. The van der Waals surface area contributed by atoms with Crippen molar-refractivity contribution in [3.05, 3.63) is 51.2 Å². The van der Waals surface area contributed by atoms with Crippen LogP contribution in [-0.2, 0) is 9.59 Å². The average Bonchev–Trinajstić information content (AvgIpc) is 3.08. The number of carbonyl (C=O) groups is 2. The van der Waals surface area contributed by atoms with Crippen LogP contribution in [0, 0.1) is 0 Å². The first-order valence-corrected chi connectivity index (χ1v) is 12.6. The van der Waals surface area contributed by atoms with Gasteiger partial charge in [-0.3, -0.25) is 28.4 Å². The number of hydrogen-bond acceptors (Lipinski definition) is 6. The lowest BCUT2D eigenvalue weighted by Gasteiger charge is -2.35. The van der Waals surface area contributed by atoms with Gasteiger partial charge in [0.2, 0.25) is 5.91 Å². The summed E-state index contributed by atoms with van der Waals surface area (Å²) in [6.07, 6.45) is 0.672. The Balaban J connectivity index is 1.56. The van der Waals surface area contributed by atoms with Crippen molar-refractivity contribution < 1.29 is 14.3 Å². The standard InChI is InChI=1S/C26H35N5O5/c1-17(2)29-22(15-23(32)30(18(3)4)26(29)35)27-11-8-12-28(14-13-27)25(34)19(5)31-20-9-6-7-10-21(20)36-16-24(31)33/h6-7,9-10,15,17-19H,8,11-14,16H2,1-5H3/t19-/m1/s1. The van der Waals surface area contributed by atoms with Crippen molar-refractivity contribution in [1.82, 2.24) is 14.0 Å². The SMILES string of the molecule is CC(C)n1c(N2CCCN(C(=O)[C@@H](C)N3C(=O)COc4ccccc43)CC2)cc(=O)n(C(C)C)c1=O. The molecule has 2 aliphatic rings. The minimum absolute atomic E-state index is 0.100. The molecule has 36 heavy (non-hydrogen) atoms. The van der Waals surface area contributed by atoms with E-state index >= 15 is 0 Å². The normalized spacial score (nSPS) is 17.2. The smallest absolute Gasteiger partial charge is 0.333 e. The number of hydrogen-bond donors (Lipinski definition) is 0. The van der Waals surface area contributed by atoms with Gasteiger partial charge in [0.05, 0.1) is 5.69 Å². The fraction of sp³-hybridized carbons (Fsp3) is 0.538. The Kier molecular flexibility index (Phi) is 7.23. The third-order valence-corrected chi connectivity index (χ3v) is 6.80. The van der Waals surface area contributed by atoms with Crippen LogP contribution in [0.1, 0.15) is 53.1 Å². The number of para-hydroxylation sites is 2. The van der Waals surface area contributed by atoms with Crippen LogP contribution in [0.3, 0.4) is 0 Å². The van der Waals surface area contributed by atoms with E-state index < -0.39 is 6.04 Å². The molecule has 0 spiro atoms. The quantitative estimate of drug-likeness (QED) is 0.627. The van der Waals surface area contributed by atoms with E-state index in [0.29, 0.717) is 49.9 Å². The first-order chi connectivity index (χ1) is 17.1. The molecule has 1 fully saturated rings. The molecule has 0 radical (unpaired) electrons. The van der Waals surface area contributed by atoms with E-state index in [1.54, 1.807) is 28.5 Å². The average molecular weight is 498 g/mol. The summed E-state index contributed by atoms with van der Waals surface area (Å²) in [6, 6.07) is 7.70. The lowest BCUT2D eigenvalue weighted by Crippen LogP contribution is -2.53. The molecule has 2 aromatic rings. The maximum atomic E-state index is 13.5. The van der Waals surface area contributed by atoms with E-state index in [0.717, 1.165) is 0 Å². The summed E-state index contributed by atoms with van der Waals surface area (Å²) in [6.45, 7) is 11.2. The third kappa shape index (κ3) is 4.64. The molecule has 2 aliphatic heterocycles. The van der Waals surface area contributed by atoms with E-state index in [9.17, 15) is 19.2 Å². The second kappa shape index (κ2) is 10.2. The van der Waals surface area contributed by atoms with Crippen LogP contribution in [0.15, 0.2) is 39.9 Å². The summed E-state index contributed by atoms with van der Waals surface area (Å²) >= 11 is 0. The predicted octanol–water partition coefficient (Wildman–Crippen LogP) is 2.02. The Hall–Kier alpha value is -3.56. The highest BCUT2D eigenvalue weighted by molar-refractivity contribution is 6.03. The highest BCUT2D eigenvalue weighted by Gasteiger charge is 2.35. The van der Waals surface area contributed by atoms with E-state index in [4.69, 9.17) is 4.74 Å². The van der Waals surface area contributed by atoms with E-state index in [1.807, 2.05) is 44.7 Å². The van der Waals surface area contributed by atoms with Gasteiger partial charge in [0.1, 0.15) is 17.6 Å². The van der Waals surface area contributed by atoms with Crippen molar-refractivity contribution in [3.63, 3.8) is 0 Å². The third-order valence-electron chi connectivity index (χ3n) is 6.80. The van der Waals surface area contributed by atoms with Crippen LogP contribution < -0.4 is 25.8 Å². The molecule has 4 rings (SSSR count). The molecule has 10 heteroatoms. The Labute approximate surface area is 210 Å². The molecular formula is C26H35N5O5. The van der Waals surface area contributed by atoms with Crippen molar-refractivity contribution in [3.8, 4) is 5.75 Å². The fourth-order valence-corrected chi connectivity index (χ4v) is 5.05. The molecule has 0 unspecified atom stereocenters. The summed E-state index contributed by atoms with van der Waals surface area (Å²) in [5, 5.41) is 0. The second-order valence-electron chi connectivity index (χ2n) is 9.91. The van der Waals surface area contributed by atoms with Crippen LogP contribution in [0.4, 0.5) is 11.5 Å². The Morgan fingerprint density at radius 1 is 0.889 bits per heavy atom. The summed E-state index contributed by atoms with van der Waals surface area (Å²) in [7, 11) is 0. The lowest BCUT2D eigenvalue weighted by atomic mass is 10.1.